The van der Waals surface area contributed by atoms with Gasteiger partial charge in [0.25, 0.3) is 0 Å². The molecule has 0 bridgehead atoms. The van der Waals surface area contributed by atoms with E-state index in [0.29, 0.717) is 0 Å². The van der Waals surface area contributed by atoms with E-state index in [1.807, 2.05) is 6.20 Å². The van der Waals surface area contributed by atoms with Gasteiger partial charge in [-0.05, 0) is 31.2 Å². The summed E-state index contributed by atoms with van der Waals surface area (Å²) >= 11 is 0. The van der Waals surface area contributed by atoms with Crippen LogP contribution in [-0.4, -0.2) is 9.97 Å². The first-order valence-electron chi connectivity index (χ1n) is 4.74. The van der Waals surface area contributed by atoms with Crippen LogP contribution in [0.4, 0.5) is 0 Å². The number of nitrogens with zero attached hydrogens (tertiary/aromatic N) is 2. The summed E-state index contributed by atoms with van der Waals surface area (Å²) in [6.07, 6.45) is 11.3. The third kappa shape index (κ3) is 1.63. The summed E-state index contributed by atoms with van der Waals surface area (Å²) in [5.41, 5.74) is 2.65. The van der Waals surface area contributed by atoms with Crippen LogP contribution >= 0.6 is 0 Å². The molecule has 0 saturated carbocycles. The summed E-state index contributed by atoms with van der Waals surface area (Å²) in [6, 6.07) is 0. The van der Waals surface area contributed by atoms with E-state index < -0.39 is 0 Å². The first-order valence-corrected chi connectivity index (χ1v) is 4.74. The molecule has 0 radical (unpaired) electrons. The van der Waals surface area contributed by atoms with Gasteiger partial charge in [-0.25, -0.2) is 9.97 Å². The Morgan fingerprint density at radius 1 is 1.00 bits per heavy atom. The molecule has 0 fully saturated rings. The maximum atomic E-state index is 4.31. The van der Waals surface area contributed by atoms with Crippen molar-refractivity contribution in [2.75, 3.05) is 0 Å². The topological polar surface area (TPSA) is 25.8 Å². The van der Waals surface area contributed by atoms with Gasteiger partial charge in [-0.15, -0.1) is 0 Å². The molecule has 1 aliphatic rings. The molecule has 0 aromatic carbocycles. The largest absolute Gasteiger partial charge is 0.245 e. The van der Waals surface area contributed by atoms with Crippen LogP contribution in [0.2, 0.25) is 0 Å². The van der Waals surface area contributed by atoms with E-state index in [9.17, 15) is 0 Å². The number of fused-ring (bicyclic) bond motifs is 1. The zero-order valence-electron chi connectivity index (χ0n) is 7.29. The zero-order chi connectivity index (χ0) is 8.23. The summed E-state index contributed by atoms with van der Waals surface area (Å²) in [5, 5.41) is 0. The van der Waals surface area contributed by atoms with Crippen molar-refractivity contribution >= 4 is 0 Å². The Morgan fingerprint density at radius 3 is 2.75 bits per heavy atom. The summed E-state index contributed by atoms with van der Waals surface area (Å²) in [7, 11) is 0. The van der Waals surface area contributed by atoms with Crippen molar-refractivity contribution in [2.45, 2.75) is 38.5 Å². The molecular weight excluding hydrogens is 148 g/mol. The van der Waals surface area contributed by atoms with Crippen LogP contribution in [0.3, 0.4) is 0 Å². The van der Waals surface area contributed by atoms with Crippen molar-refractivity contribution < 1.29 is 0 Å². The highest BCUT2D eigenvalue weighted by Crippen LogP contribution is 2.16. The number of aromatic nitrogens is 2. The predicted molar refractivity (Wildman–Crippen MR) is 47.9 cm³/mol. The monoisotopic (exact) mass is 162 g/mol. The normalized spacial score (nSPS) is 17.7. The molecule has 1 heterocycles. The fourth-order valence-corrected chi connectivity index (χ4v) is 1.78. The molecule has 0 unspecified atom stereocenters. The van der Waals surface area contributed by atoms with Gasteiger partial charge in [0, 0.05) is 11.9 Å². The molecule has 1 aliphatic carbocycles. The van der Waals surface area contributed by atoms with Gasteiger partial charge in [0.2, 0.25) is 0 Å². The van der Waals surface area contributed by atoms with E-state index in [1.54, 1.807) is 6.33 Å². The molecule has 1 aromatic heterocycles. The van der Waals surface area contributed by atoms with Gasteiger partial charge >= 0.3 is 0 Å². The fraction of sp³-hybridized carbons (Fsp3) is 0.600. The first kappa shape index (κ1) is 7.71. The van der Waals surface area contributed by atoms with E-state index in [1.165, 1.54) is 43.4 Å². The van der Waals surface area contributed by atoms with Crippen molar-refractivity contribution in [2.24, 2.45) is 0 Å². The minimum absolute atomic E-state index is 1.15. The van der Waals surface area contributed by atoms with Gasteiger partial charge in [-0.2, -0.15) is 0 Å². The van der Waals surface area contributed by atoms with E-state index in [0.717, 1.165) is 6.42 Å². The number of hydrogen-bond donors (Lipinski definition) is 0. The fourth-order valence-electron chi connectivity index (χ4n) is 1.78. The molecule has 0 amide bonds. The molecule has 2 nitrogen and oxygen atoms in total. The van der Waals surface area contributed by atoms with Crippen LogP contribution in [0.15, 0.2) is 12.5 Å². The van der Waals surface area contributed by atoms with Crippen molar-refractivity contribution in [3.8, 4) is 0 Å². The highest BCUT2D eigenvalue weighted by Gasteiger charge is 2.06. The van der Waals surface area contributed by atoms with Crippen LogP contribution in [-0.2, 0) is 12.8 Å². The molecule has 2 heteroatoms. The van der Waals surface area contributed by atoms with E-state index in [2.05, 4.69) is 9.97 Å². The lowest BCUT2D eigenvalue weighted by molar-refractivity contribution is 0.606. The Bertz CT molecular complexity index is 231. The van der Waals surface area contributed by atoms with Crippen LogP contribution in [0, 0.1) is 0 Å². The third-order valence-corrected chi connectivity index (χ3v) is 2.49. The Labute approximate surface area is 73.1 Å². The van der Waals surface area contributed by atoms with Gasteiger partial charge in [0.05, 0.1) is 0 Å². The molecule has 0 N–H and O–H groups in total. The molecular formula is C10H14N2. The number of rotatable bonds is 0. The van der Waals surface area contributed by atoms with Crippen LogP contribution in [0.5, 0.6) is 0 Å². The second kappa shape index (κ2) is 3.65. The molecule has 0 spiro atoms. The van der Waals surface area contributed by atoms with E-state index >= 15 is 0 Å². The lowest BCUT2D eigenvalue weighted by atomic mass is 9.98. The minimum Gasteiger partial charge on any atom is -0.245 e. The van der Waals surface area contributed by atoms with Gasteiger partial charge in [0.1, 0.15) is 6.33 Å². The zero-order valence-corrected chi connectivity index (χ0v) is 7.29. The smallest absolute Gasteiger partial charge is 0.115 e. The second-order valence-electron chi connectivity index (χ2n) is 3.41. The average molecular weight is 162 g/mol. The van der Waals surface area contributed by atoms with Crippen molar-refractivity contribution in [3.05, 3.63) is 23.8 Å². The Kier molecular flexibility index (Phi) is 2.35. The molecule has 64 valence electrons. The Hall–Kier alpha value is -0.920. The third-order valence-electron chi connectivity index (χ3n) is 2.49. The second-order valence-corrected chi connectivity index (χ2v) is 3.41. The molecule has 1 aromatic rings. The highest BCUT2D eigenvalue weighted by atomic mass is 14.8. The maximum absolute atomic E-state index is 4.31. The first-order chi connectivity index (χ1) is 5.97. The van der Waals surface area contributed by atoms with Crippen molar-refractivity contribution in [1.29, 1.82) is 0 Å². The Balaban J connectivity index is 2.24. The van der Waals surface area contributed by atoms with Gasteiger partial charge < -0.3 is 0 Å². The summed E-state index contributed by atoms with van der Waals surface area (Å²) in [5.74, 6) is 0. The predicted octanol–water partition coefficient (Wildman–Crippen LogP) is 2.14. The highest BCUT2D eigenvalue weighted by molar-refractivity contribution is 5.16. The minimum atomic E-state index is 1.15. The van der Waals surface area contributed by atoms with Gasteiger partial charge in [-0.3, -0.25) is 0 Å². The molecule has 12 heavy (non-hydrogen) atoms. The number of hydrogen-bond acceptors (Lipinski definition) is 2. The Morgan fingerprint density at radius 2 is 1.83 bits per heavy atom. The van der Waals surface area contributed by atoms with Crippen LogP contribution in [0.25, 0.3) is 0 Å². The summed E-state index contributed by atoms with van der Waals surface area (Å²) in [4.78, 5) is 8.37. The van der Waals surface area contributed by atoms with Gasteiger partial charge in [-0.1, -0.05) is 12.8 Å². The lowest BCUT2D eigenvalue weighted by Crippen LogP contribution is -2.02. The molecule has 0 saturated heterocycles. The van der Waals surface area contributed by atoms with Crippen molar-refractivity contribution in [1.82, 2.24) is 9.97 Å². The maximum Gasteiger partial charge on any atom is 0.115 e. The summed E-state index contributed by atoms with van der Waals surface area (Å²) in [6.45, 7) is 0. The molecule has 0 atom stereocenters. The number of aryl methyl sites for hydroxylation is 2. The van der Waals surface area contributed by atoms with Crippen LogP contribution < -0.4 is 0 Å². The van der Waals surface area contributed by atoms with E-state index in [4.69, 9.17) is 0 Å². The van der Waals surface area contributed by atoms with Crippen LogP contribution in [0.1, 0.15) is 36.9 Å². The molecule has 2 rings (SSSR count). The van der Waals surface area contributed by atoms with Gasteiger partial charge in [0.15, 0.2) is 0 Å². The molecule has 0 aliphatic heterocycles. The van der Waals surface area contributed by atoms with E-state index in [-0.39, 0.29) is 0 Å². The average Bonchev–Trinajstić information content (AvgIpc) is 2.06. The quantitative estimate of drug-likeness (QED) is 0.584. The lowest BCUT2D eigenvalue weighted by Gasteiger charge is -2.10. The SMILES string of the molecule is c1ncc2c(n1)CCCCCC2. The standard InChI is InChI=1S/C10H14N2/c1-2-4-6-10-9(5-3-1)7-11-8-12-10/h7-8H,1-6H2. The summed E-state index contributed by atoms with van der Waals surface area (Å²) < 4.78 is 0. The van der Waals surface area contributed by atoms with Crippen molar-refractivity contribution in [3.63, 3.8) is 0 Å².